The van der Waals surface area contributed by atoms with E-state index in [0.717, 1.165) is 0 Å². The van der Waals surface area contributed by atoms with Crippen LogP contribution in [0.15, 0.2) is 30.3 Å². The quantitative estimate of drug-likeness (QED) is 0.498. The molecule has 1 nitrogen and oxygen atoms in total. The Morgan fingerprint density at radius 3 is 1.48 bits per heavy atom. The SMILES string of the molecule is CC(C)c1nc(-c2c(C(F)(F)F)cccc2C(F)(F)F)ccc1C(F)(F)F. The zero-order chi connectivity index (χ0) is 20.8. The van der Waals surface area contributed by atoms with E-state index in [1.807, 2.05) is 0 Å². The smallest absolute Gasteiger partial charge is 0.252 e. The molecule has 0 amide bonds. The van der Waals surface area contributed by atoms with E-state index < -0.39 is 58.1 Å². The van der Waals surface area contributed by atoms with Crippen LogP contribution in [0.3, 0.4) is 0 Å². The lowest BCUT2D eigenvalue weighted by Gasteiger charge is -2.20. The van der Waals surface area contributed by atoms with E-state index in [-0.39, 0.29) is 0 Å². The Hall–Kier alpha value is -2.26. The number of nitrogens with zero attached hydrogens (tertiary/aromatic N) is 1. The van der Waals surface area contributed by atoms with Crippen LogP contribution in [-0.2, 0) is 18.5 Å². The van der Waals surface area contributed by atoms with E-state index in [2.05, 4.69) is 4.98 Å². The van der Waals surface area contributed by atoms with E-state index in [4.69, 9.17) is 0 Å². The molecule has 1 heterocycles. The Morgan fingerprint density at radius 2 is 1.11 bits per heavy atom. The number of benzene rings is 1. The molecule has 10 heteroatoms. The van der Waals surface area contributed by atoms with Crippen molar-refractivity contribution < 1.29 is 39.5 Å². The molecular weight excluding hydrogens is 389 g/mol. The minimum Gasteiger partial charge on any atom is -0.252 e. The van der Waals surface area contributed by atoms with Crippen molar-refractivity contribution in [1.29, 1.82) is 0 Å². The van der Waals surface area contributed by atoms with Gasteiger partial charge in [0, 0.05) is 5.56 Å². The first-order chi connectivity index (χ1) is 12.1. The summed E-state index contributed by atoms with van der Waals surface area (Å²) >= 11 is 0. The van der Waals surface area contributed by atoms with Crippen LogP contribution in [0.1, 0.15) is 42.1 Å². The van der Waals surface area contributed by atoms with Gasteiger partial charge in [-0.15, -0.1) is 0 Å². The molecule has 2 aromatic rings. The lowest BCUT2D eigenvalue weighted by atomic mass is 9.94. The molecular formula is C17H12F9N. The summed E-state index contributed by atoms with van der Waals surface area (Å²) in [5.74, 6) is -0.881. The average molecular weight is 401 g/mol. The monoisotopic (exact) mass is 401 g/mol. The number of alkyl halides is 9. The summed E-state index contributed by atoms with van der Waals surface area (Å²) in [5, 5.41) is 0. The maximum Gasteiger partial charge on any atom is 0.418 e. The van der Waals surface area contributed by atoms with Crippen LogP contribution in [-0.4, -0.2) is 4.98 Å². The molecule has 0 spiro atoms. The molecule has 0 unspecified atom stereocenters. The van der Waals surface area contributed by atoms with Gasteiger partial charge in [-0.05, 0) is 30.2 Å². The highest BCUT2D eigenvalue weighted by Crippen LogP contribution is 2.45. The Bertz CT molecular complexity index is 798. The van der Waals surface area contributed by atoms with Gasteiger partial charge in [-0.3, -0.25) is 4.98 Å². The van der Waals surface area contributed by atoms with Gasteiger partial charge in [0.25, 0.3) is 0 Å². The molecule has 0 radical (unpaired) electrons. The molecule has 0 N–H and O–H groups in total. The predicted octanol–water partition coefficient (Wildman–Crippen LogP) is 6.93. The number of halogens is 9. The second kappa shape index (κ2) is 6.72. The van der Waals surface area contributed by atoms with E-state index >= 15 is 0 Å². The molecule has 0 aliphatic carbocycles. The van der Waals surface area contributed by atoms with Crippen LogP contribution in [0.2, 0.25) is 0 Å². The van der Waals surface area contributed by atoms with Crippen molar-refractivity contribution in [3.63, 3.8) is 0 Å². The van der Waals surface area contributed by atoms with Gasteiger partial charge in [-0.2, -0.15) is 39.5 Å². The van der Waals surface area contributed by atoms with Gasteiger partial charge in [0.1, 0.15) is 0 Å². The number of hydrogen-bond acceptors (Lipinski definition) is 1. The third-order valence-electron chi connectivity index (χ3n) is 3.71. The molecule has 27 heavy (non-hydrogen) atoms. The van der Waals surface area contributed by atoms with E-state index in [1.165, 1.54) is 13.8 Å². The summed E-state index contributed by atoms with van der Waals surface area (Å²) in [6, 6.07) is 2.42. The number of rotatable bonds is 2. The van der Waals surface area contributed by atoms with Crippen molar-refractivity contribution in [3.05, 3.63) is 52.7 Å². The van der Waals surface area contributed by atoms with E-state index in [1.54, 1.807) is 0 Å². The van der Waals surface area contributed by atoms with E-state index in [0.29, 0.717) is 30.3 Å². The molecule has 0 atom stereocenters. The summed E-state index contributed by atoms with van der Waals surface area (Å²) in [6.07, 6.45) is -15.2. The first-order valence-electron chi connectivity index (χ1n) is 7.50. The van der Waals surface area contributed by atoms with Gasteiger partial charge >= 0.3 is 18.5 Å². The summed E-state index contributed by atoms with van der Waals surface area (Å²) in [6.45, 7) is 2.61. The Morgan fingerprint density at radius 1 is 0.667 bits per heavy atom. The number of aromatic nitrogens is 1. The zero-order valence-corrected chi connectivity index (χ0v) is 13.8. The molecule has 0 aliphatic heterocycles. The Labute approximate surface area is 147 Å². The maximum atomic E-state index is 13.3. The minimum absolute atomic E-state index is 0.430. The average Bonchev–Trinajstić information content (AvgIpc) is 2.51. The van der Waals surface area contributed by atoms with Crippen molar-refractivity contribution in [3.8, 4) is 11.3 Å². The lowest BCUT2D eigenvalue weighted by Crippen LogP contribution is -2.16. The zero-order valence-electron chi connectivity index (χ0n) is 13.8. The van der Waals surface area contributed by atoms with Crippen molar-refractivity contribution in [2.45, 2.75) is 38.3 Å². The third-order valence-corrected chi connectivity index (χ3v) is 3.71. The van der Waals surface area contributed by atoms with Crippen LogP contribution >= 0.6 is 0 Å². The molecule has 2 rings (SSSR count). The van der Waals surface area contributed by atoms with Crippen LogP contribution in [0.4, 0.5) is 39.5 Å². The molecule has 0 bridgehead atoms. The normalized spacial score (nSPS) is 13.3. The Kier molecular flexibility index (Phi) is 5.24. The van der Waals surface area contributed by atoms with Crippen molar-refractivity contribution in [2.24, 2.45) is 0 Å². The fraction of sp³-hybridized carbons (Fsp3) is 0.353. The van der Waals surface area contributed by atoms with Crippen LogP contribution in [0, 0.1) is 0 Å². The summed E-state index contributed by atoms with van der Waals surface area (Å²) in [7, 11) is 0. The van der Waals surface area contributed by atoms with E-state index in [9.17, 15) is 39.5 Å². The first-order valence-corrected chi connectivity index (χ1v) is 7.50. The standard InChI is InChI=1S/C17H12F9N/c1-8(2)14-11(17(24,25)26)6-7-12(27-14)13-9(15(18,19)20)4-3-5-10(13)16(21,22)23/h3-8H,1-2H3. The fourth-order valence-corrected chi connectivity index (χ4v) is 2.59. The molecule has 1 aromatic heterocycles. The summed E-state index contributed by atoms with van der Waals surface area (Å²) < 4.78 is 119. The highest BCUT2D eigenvalue weighted by atomic mass is 19.4. The van der Waals surface area contributed by atoms with Gasteiger partial charge in [0.05, 0.1) is 28.1 Å². The molecule has 0 fully saturated rings. The highest BCUT2D eigenvalue weighted by Gasteiger charge is 2.42. The van der Waals surface area contributed by atoms with Crippen molar-refractivity contribution in [2.75, 3.05) is 0 Å². The largest absolute Gasteiger partial charge is 0.418 e. The van der Waals surface area contributed by atoms with Crippen LogP contribution in [0.5, 0.6) is 0 Å². The molecule has 0 saturated carbocycles. The number of hydrogen-bond donors (Lipinski definition) is 0. The van der Waals surface area contributed by atoms with Crippen LogP contribution < -0.4 is 0 Å². The molecule has 1 aromatic carbocycles. The van der Waals surface area contributed by atoms with Gasteiger partial charge < -0.3 is 0 Å². The van der Waals surface area contributed by atoms with Crippen LogP contribution in [0.25, 0.3) is 11.3 Å². The molecule has 148 valence electrons. The van der Waals surface area contributed by atoms with Crippen molar-refractivity contribution >= 4 is 0 Å². The predicted molar refractivity (Wildman–Crippen MR) is 78.8 cm³/mol. The van der Waals surface area contributed by atoms with Gasteiger partial charge in [-0.25, -0.2) is 0 Å². The number of pyridine rings is 1. The second-order valence-electron chi connectivity index (χ2n) is 6.01. The highest BCUT2D eigenvalue weighted by molar-refractivity contribution is 5.70. The Balaban J connectivity index is 2.87. The van der Waals surface area contributed by atoms with Gasteiger partial charge in [0.15, 0.2) is 0 Å². The van der Waals surface area contributed by atoms with Crippen molar-refractivity contribution in [1.82, 2.24) is 4.98 Å². The topological polar surface area (TPSA) is 12.9 Å². The van der Waals surface area contributed by atoms with Gasteiger partial charge in [-0.1, -0.05) is 19.9 Å². The molecule has 0 saturated heterocycles. The summed E-state index contributed by atoms with van der Waals surface area (Å²) in [4.78, 5) is 3.54. The second-order valence-corrected chi connectivity index (χ2v) is 6.01. The molecule has 0 aliphatic rings. The third kappa shape index (κ3) is 4.36. The fourth-order valence-electron chi connectivity index (χ4n) is 2.59. The summed E-state index contributed by atoms with van der Waals surface area (Å²) in [5.41, 5.74) is -7.22. The first kappa shape index (κ1) is 21.0. The minimum atomic E-state index is -5.15. The lowest BCUT2D eigenvalue weighted by molar-refractivity contribution is -0.142. The van der Waals surface area contributed by atoms with Gasteiger partial charge in [0.2, 0.25) is 0 Å². The maximum absolute atomic E-state index is 13.3.